The van der Waals surface area contributed by atoms with Crippen molar-refractivity contribution in [1.82, 2.24) is 0 Å². The van der Waals surface area contributed by atoms with Gasteiger partial charge in [0.1, 0.15) is 5.00 Å². The van der Waals surface area contributed by atoms with Gasteiger partial charge in [-0.25, -0.2) is 4.79 Å². The molecule has 3 aromatic rings. The standard InChI is InChI=1S/C26H28N2O5S2/c1-4-32-26(31)22-19-11-10-15(2)13-21(19)35-25(22)28-23(29)16(3)34-18-8-5-7-17(14-18)27-24(30)20-9-6-12-33-20/h5-9,12,14-16H,4,10-11,13H2,1-3H3,(H,27,30)(H,28,29). The van der Waals surface area contributed by atoms with Crippen molar-refractivity contribution in [3.05, 3.63) is 64.4 Å². The molecule has 9 heteroatoms. The molecule has 2 aromatic heterocycles. The van der Waals surface area contributed by atoms with E-state index < -0.39 is 5.25 Å². The maximum Gasteiger partial charge on any atom is 0.341 e. The van der Waals surface area contributed by atoms with Crippen LogP contribution in [0.2, 0.25) is 0 Å². The van der Waals surface area contributed by atoms with Crippen LogP contribution in [-0.2, 0) is 22.4 Å². The van der Waals surface area contributed by atoms with Gasteiger partial charge in [0, 0.05) is 15.5 Å². The van der Waals surface area contributed by atoms with Crippen LogP contribution < -0.4 is 10.6 Å². The van der Waals surface area contributed by atoms with Crippen molar-refractivity contribution >= 4 is 51.6 Å². The van der Waals surface area contributed by atoms with Crippen molar-refractivity contribution in [2.75, 3.05) is 17.2 Å². The highest BCUT2D eigenvalue weighted by Crippen LogP contribution is 2.40. The number of hydrogen-bond donors (Lipinski definition) is 2. The predicted molar refractivity (Wildman–Crippen MR) is 139 cm³/mol. The number of ether oxygens (including phenoxy) is 1. The maximum atomic E-state index is 13.1. The SMILES string of the molecule is CCOC(=O)c1c(NC(=O)C(C)Sc2cccc(NC(=O)c3ccco3)c2)sc2c1CCC(C)C2. The highest BCUT2D eigenvalue weighted by atomic mass is 32.2. The van der Waals surface area contributed by atoms with Crippen LogP contribution in [0.4, 0.5) is 10.7 Å². The molecular formula is C26H28N2O5S2. The van der Waals surface area contributed by atoms with E-state index in [4.69, 9.17) is 9.15 Å². The van der Waals surface area contributed by atoms with E-state index in [0.29, 0.717) is 22.2 Å². The molecule has 2 heterocycles. The van der Waals surface area contributed by atoms with Gasteiger partial charge in [-0.3, -0.25) is 9.59 Å². The zero-order valence-corrected chi connectivity index (χ0v) is 21.5. The summed E-state index contributed by atoms with van der Waals surface area (Å²) in [6, 6.07) is 10.5. The average molecular weight is 513 g/mol. The first-order chi connectivity index (χ1) is 16.9. The summed E-state index contributed by atoms with van der Waals surface area (Å²) in [5.41, 5.74) is 2.13. The minimum Gasteiger partial charge on any atom is -0.462 e. The normalized spacial score (nSPS) is 15.7. The lowest BCUT2D eigenvalue weighted by molar-refractivity contribution is -0.115. The molecule has 0 fully saturated rings. The number of thioether (sulfide) groups is 1. The summed E-state index contributed by atoms with van der Waals surface area (Å²) in [6.45, 7) is 6.08. The summed E-state index contributed by atoms with van der Waals surface area (Å²) in [6.07, 6.45) is 4.18. The topological polar surface area (TPSA) is 97.6 Å². The number of fused-ring (bicyclic) bond motifs is 1. The van der Waals surface area contributed by atoms with Crippen LogP contribution in [0.1, 0.15) is 58.5 Å². The fraction of sp³-hybridized carbons (Fsp3) is 0.346. The molecule has 0 saturated carbocycles. The molecule has 0 saturated heterocycles. The average Bonchev–Trinajstić information content (AvgIpc) is 3.47. The number of carbonyl (C=O) groups is 3. The Morgan fingerprint density at radius 3 is 2.80 bits per heavy atom. The first kappa shape index (κ1) is 25.1. The van der Waals surface area contributed by atoms with Gasteiger partial charge in [0.25, 0.3) is 5.91 Å². The molecule has 35 heavy (non-hydrogen) atoms. The first-order valence-electron chi connectivity index (χ1n) is 11.6. The van der Waals surface area contributed by atoms with Crippen LogP contribution in [0.15, 0.2) is 52.0 Å². The highest BCUT2D eigenvalue weighted by Gasteiger charge is 2.30. The van der Waals surface area contributed by atoms with E-state index in [9.17, 15) is 14.4 Å². The number of esters is 1. The van der Waals surface area contributed by atoms with Gasteiger partial charge in [-0.05, 0) is 74.9 Å². The van der Waals surface area contributed by atoms with Crippen molar-refractivity contribution in [2.45, 2.75) is 50.2 Å². The molecule has 0 aliphatic heterocycles. The van der Waals surface area contributed by atoms with E-state index in [1.807, 2.05) is 25.1 Å². The fourth-order valence-electron chi connectivity index (χ4n) is 3.98. The number of thiophene rings is 1. The summed E-state index contributed by atoms with van der Waals surface area (Å²) >= 11 is 2.85. The quantitative estimate of drug-likeness (QED) is 0.283. The van der Waals surface area contributed by atoms with Gasteiger partial charge in [-0.1, -0.05) is 13.0 Å². The van der Waals surface area contributed by atoms with E-state index in [0.717, 1.165) is 34.6 Å². The number of rotatable bonds is 8. The lowest BCUT2D eigenvalue weighted by Crippen LogP contribution is -2.23. The molecule has 2 unspecified atom stereocenters. The second kappa shape index (κ2) is 11.1. The maximum absolute atomic E-state index is 13.1. The van der Waals surface area contributed by atoms with Crippen LogP contribution in [-0.4, -0.2) is 29.6 Å². The Labute approximate surface area is 212 Å². The van der Waals surface area contributed by atoms with Crippen LogP contribution in [0.5, 0.6) is 0 Å². The van der Waals surface area contributed by atoms with E-state index in [1.54, 1.807) is 25.1 Å². The molecule has 2 amide bonds. The van der Waals surface area contributed by atoms with Crippen molar-refractivity contribution in [1.29, 1.82) is 0 Å². The number of nitrogens with one attached hydrogen (secondary N) is 2. The third kappa shape index (κ3) is 5.97. The van der Waals surface area contributed by atoms with E-state index in [1.165, 1.54) is 29.4 Å². The number of carbonyl (C=O) groups excluding carboxylic acids is 3. The summed E-state index contributed by atoms with van der Waals surface area (Å²) in [5, 5.41) is 5.91. The van der Waals surface area contributed by atoms with Crippen molar-refractivity contribution in [3.63, 3.8) is 0 Å². The second-order valence-corrected chi connectivity index (χ2v) is 11.0. The lowest BCUT2D eigenvalue weighted by atomic mass is 9.88. The number of anilines is 2. The Morgan fingerprint density at radius 1 is 1.23 bits per heavy atom. The molecule has 184 valence electrons. The zero-order valence-electron chi connectivity index (χ0n) is 19.9. The Bertz CT molecular complexity index is 1220. The monoisotopic (exact) mass is 512 g/mol. The Balaban J connectivity index is 1.45. The number of furan rings is 1. The second-order valence-electron chi connectivity index (χ2n) is 8.48. The number of amides is 2. The number of benzene rings is 1. The summed E-state index contributed by atoms with van der Waals surface area (Å²) in [5.74, 6) is -0.145. The van der Waals surface area contributed by atoms with Gasteiger partial charge < -0.3 is 19.8 Å². The van der Waals surface area contributed by atoms with E-state index in [2.05, 4.69) is 17.6 Å². The minimum absolute atomic E-state index is 0.197. The lowest BCUT2D eigenvalue weighted by Gasteiger charge is -2.18. The van der Waals surface area contributed by atoms with Crippen LogP contribution in [0.25, 0.3) is 0 Å². The smallest absolute Gasteiger partial charge is 0.341 e. The molecule has 7 nitrogen and oxygen atoms in total. The van der Waals surface area contributed by atoms with Crippen molar-refractivity contribution in [2.24, 2.45) is 5.92 Å². The van der Waals surface area contributed by atoms with Gasteiger partial charge in [-0.15, -0.1) is 23.1 Å². The molecule has 1 aliphatic carbocycles. The van der Waals surface area contributed by atoms with Gasteiger partial charge in [0.2, 0.25) is 5.91 Å². The largest absolute Gasteiger partial charge is 0.462 e. The molecule has 0 spiro atoms. The van der Waals surface area contributed by atoms with Crippen LogP contribution >= 0.6 is 23.1 Å². The van der Waals surface area contributed by atoms with E-state index in [-0.39, 0.29) is 30.2 Å². The third-order valence-corrected chi connectivity index (χ3v) is 8.01. The molecule has 2 atom stereocenters. The highest BCUT2D eigenvalue weighted by molar-refractivity contribution is 8.00. The zero-order chi connectivity index (χ0) is 24.9. The summed E-state index contributed by atoms with van der Waals surface area (Å²) in [4.78, 5) is 40.0. The Morgan fingerprint density at radius 2 is 2.06 bits per heavy atom. The molecule has 0 radical (unpaired) electrons. The molecule has 1 aromatic carbocycles. The van der Waals surface area contributed by atoms with Gasteiger partial charge in [0.15, 0.2) is 5.76 Å². The Kier molecular flexibility index (Phi) is 7.97. The van der Waals surface area contributed by atoms with Gasteiger partial charge in [-0.2, -0.15) is 0 Å². The fourth-order valence-corrected chi connectivity index (χ4v) is 6.30. The Hall–Kier alpha value is -3.04. The molecule has 1 aliphatic rings. The predicted octanol–water partition coefficient (Wildman–Crippen LogP) is 6.01. The van der Waals surface area contributed by atoms with Crippen LogP contribution in [0, 0.1) is 5.92 Å². The molecule has 2 N–H and O–H groups in total. The molecule has 4 rings (SSSR count). The summed E-state index contributed by atoms with van der Waals surface area (Å²) in [7, 11) is 0. The molecular weight excluding hydrogens is 484 g/mol. The summed E-state index contributed by atoms with van der Waals surface area (Å²) < 4.78 is 10.4. The van der Waals surface area contributed by atoms with E-state index >= 15 is 0 Å². The van der Waals surface area contributed by atoms with Crippen molar-refractivity contribution < 1.29 is 23.5 Å². The number of hydrogen-bond acceptors (Lipinski definition) is 7. The minimum atomic E-state index is -0.431. The molecule has 0 bridgehead atoms. The first-order valence-corrected chi connectivity index (χ1v) is 13.3. The van der Waals surface area contributed by atoms with Gasteiger partial charge in [0.05, 0.1) is 23.7 Å². The third-order valence-electron chi connectivity index (χ3n) is 5.75. The van der Waals surface area contributed by atoms with Crippen molar-refractivity contribution in [3.8, 4) is 0 Å². The van der Waals surface area contributed by atoms with Crippen LogP contribution in [0.3, 0.4) is 0 Å². The van der Waals surface area contributed by atoms with Gasteiger partial charge >= 0.3 is 5.97 Å².